The third-order valence-corrected chi connectivity index (χ3v) is 4.41. The van der Waals surface area contributed by atoms with Gasteiger partial charge in [-0.2, -0.15) is 5.26 Å². The SMILES string of the molecule is CC(C)[C@@H](CCN(C)C)c1ccc(CC#N)c2ccccc12. The van der Waals surface area contributed by atoms with Crippen LogP contribution in [0.4, 0.5) is 0 Å². The summed E-state index contributed by atoms with van der Waals surface area (Å²) < 4.78 is 0. The molecule has 1 atom stereocenters. The molecule has 0 bridgehead atoms. The molecule has 0 aliphatic heterocycles. The molecular weight excluding hydrogens is 268 g/mol. The van der Waals surface area contributed by atoms with Gasteiger partial charge in [-0.25, -0.2) is 0 Å². The van der Waals surface area contributed by atoms with Crippen molar-refractivity contribution in [2.24, 2.45) is 5.92 Å². The van der Waals surface area contributed by atoms with Gasteiger partial charge in [0.25, 0.3) is 0 Å². The van der Waals surface area contributed by atoms with Crippen molar-refractivity contribution in [2.75, 3.05) is 20.6 Å². The Bertz CT molecular complexity index is 665. The molecule has 0 aliphatic carbocycles. The van der Waals surface area contributed by atoms with Gasteiger partial charge in [0.05, 0.1) is 12.5 Å². The lowest BCUT2D eigenvalue weighted by Crippen LogP contribution is -2.18. The van der Waals surface area contributed by atoms with Crippen LogP contribution in [-0.4, -0.2) is 25.5 Å². The van der Waals surface area contributed by atoms with Gasteiger partial charge in [-0.15, -0.1) is 0 Å². The molecule has 0 heterocycles. The van der Waals surface area contributed by atoms with Crippen LogP contribution in [0.25, 0.3) is 10.8 Å². The summed E-state index contributed by atoms with van der Waals surface area (Å²) in [6, 6.07) is 15.2. The van der Waals surface area contributed by atoms with Crippen LogP contribution in [0.1, 0.15) is 37.3 Å². The first-order valence-electron chi connectivity index (χ1n) is 8.06. The quantitative estimate of drug-likeness (QED) is 0.778. The van der Waals surface area contributed by atoms with Crippen molar-refractivity contribution in [1.82, 2.24) is 4.90 Å². The van der Waals surface area contributed by atoms with Crippen molar-refractivity contribution in [3.05, 3.63) is 47.5 Å². The smallest absolute Gasteiger partial charge is 0.0669 e. The molecule has 0 saturated carbocycles. The molecule has 2 aromatic rings. The molecule has 2 rings (SSSR count). The maximum Gasteiger partial charge on any atom is 0.0669 e. The van der Waals surface area contributed by atoms with Crippen LogP contribution in [0.2, 0.25) is 0 Å². The van der Waals surface area contributed by atoms with E-state index in [1.54, 1.807) is 0 Å². The summed E-state index contributed by atoms with van der Waals surface area (Å²) >= 11 is 0. The van der Waals surface area contributed by atoms with Gasteiger partial charge >= 0.3 is 0 Å². The lowest BCUT2D eigenvalue weighted by molar-refractivity contribution is 0.353. The second-order valence-corrected chi connectivity index (χ2v) is 6.64. The Labute approximate surface area is 134 Å². The number of fused-ring (bicyclic) bond motifs is 1. The molecule has 0 saturated heterocycles. The van der Waals surface area contributed by atoms with Crippen LogP contribution in [0.3, 0.4) is 0 Å². The third kappa shape index (κ3) is 3.67. The Morgan fingerprint density at radius 2 is 1.73 bits per heavy atom. The van der Waals surface area contributed by atoms with Gasteiger partial charge in [-0.3, -0.25) is 0 Å². The Kier molecular flexibility index (Phi) is 5.57. The molecule has 0 spiro atoms. The van der Waals surface area contributed by atoms with E-state index >= 15 is 0 Å². The summed E-state index contributed by atoms with van der Waals surface area (Å²) in [5.41, 5.74) is 2.56. The summed E-state index contributed by atoms with van der Waals surface area (Å²) in [7, 11) is 4.26. The molecule has 0 amide bonds. The first kappa shape index (κ1) is 16.5. The molecule has 2 aromatic carbocycles. The zero-order valence-corrected chi connectivity index (χ0v) is 14.1. The standard InChI is InChI=1S/C20H26N2/c1-15(2)17(12-14-22(3)4)20-10-9-16(11-13-21)18-7-5-6-8-19(18)20/h5-10,15,17H,11-12,14H2,1-4H3/t17-/m1/s1. The minimum Gasteiger partial charge on any atom is -0.309 e. The number of nitriles is 1. The fourth-order valence-electron chi connectivity index (χ4n) is 3.19. The van der Waals surface area contributed by atoms with Gasteiger partial charge in [0.1, 0.15) is 0 Å². The van der Waals surface area contributed by atoms with E-state index < -0.39 is 0 Å². The van der Waals surface area contributed by atoms with Crippen molar-refractivity contribution in [2.45, 2.75) is 32.6 Å². The normalized spacial score (nSPS) is 12.8. The van der Waals surface area contributed by atoms with Gasteiger partial charge < -0.3 is 4.90 Å². The fraction of sp³-hybridized carbons (Fsp3) is 0.450. The maximum absolute atomic E-state index is 9.04. The highest BCUT2D eigenvalue weighted by Gasteiger charge is 2.19. The van der Waals surface area contributed by atoms with Gasteiger partial charge in [-0.1, -0.05) is 50.2 Å². The summed E-state index contributed by atoms with van der Waals surface area (Å²) in [4.78, 5) is 2.25. The van der Waals surface area contributed by atoms with E-state index in [-0.39, 0.29) is 0 Å². The predicted molar refractivity (Wildman–Crippen MR) is 94.0 cm³/mol. The van der Waals surface area contributed by atoms with Crippen molar-refractivity contribution in [1.29, 1.82) is 5.26 Å². The lowest BCUT2D eigenvalue weighted by atomic mass is 9.82. The molecule has 0 unspecified atom stereocenters. The minimum atomic E-state index is 0.477. The highest BCUT2D eigenvalue weighted by atomic mass is 15.0. The summed E-state index contributed by atoms with van der Waals surface area (Å²) in [6.45, 7) is 5.70. The van der Waals surface area contributed by atoms with E-state index in [2.05, 4.69) is 75.3 Å². The largest absolute Gasteiger partial charge is 0.309 e. The van der Waals surface area contributed by atoms with Crippen LogP contribution in [-0.2, 0) is 6.42 Å². The zero-order valence-electron chi connectivity index (χ0n) is 14.1. The average Bonchev–Trinajstić information content (AvgIpc) is 2.49. The molecule has 0 radical (unpaired) electrons. The minimum absolute atomic E-state index is 0.477. The molecule has 116 valence electrons. The number of hydrogen-bond donors (Lipinski definition) is 0. The van der Waals surface area contributed by atoms with Gasteiger partial charge in [0, 0.05) is 0 Å². The fourth-order valence-corrected chi connectivity index (χ4v) is 3.19. The van der Waals surface area contributed by atoms with Crippen molar-refractivity contribution >= 4 is 10.8 Å². The van der Waals surface area contributed by atoms with Crippen LogP contribution in [0.15, 0.2) is 36.4 Å². The predicted octanol–water partition coefficient (Wildman–Crippen LogP) is 4.60. The average molecular weight is 294 g/mol. The summed E-state index contributed by atoms with van der Waals surface area (Å²) in [6.07, 6.45) is 1.64. The Morgan fingerprint density at radius 1 is 1.05 bits per heavy atom. The number of benzene rings is 2. The molecule has 2 nitrogen and oxygen atoms in total. The molecule has 22 heavy (non-hydrogen) atoms. The van der Waals surface area contributed by atoms with Gasteiger partial charge in [0.15, 0.2) is 0 Å². The number of hydrogen-bond acceptors (Lipinski definition) is 2. The molecule has 0 fully saturated rings. The van der Waals surface area contributed by atoms with E-state index in [0.29, 0.717) is 18.3 Å². The highest BCUT2D eigenvalue weighted by Crippen LogP contribution is 2.34. The zero-order chi connectivity index (χ0) is 16.1. The number of nitrogens with zero attached hydrogens (tertiary/aromatic N) is 2. The number of rotatable bonds is 6. The van der Waals surface area contributed by atoms with Crippen molar-refractivity contribution in [3.8, 4) is 6.07 Å². The van der Waals surface area contributed by atoms with Gasteiger partial charge in [-0.05, 0) is 60.8 Å². The van der Waals surface area contributed by atoms with Gasteiger partial charge in [0.2, 0.25) is 0 Å². The molecule has 0 aliphatic rings. The Morgan fingerprint density at radius 3 is 2.32 bits per heavy atom. The Hall–Kier alpha value is -1.85. The lowest BCUT2D eigenvalue weighted by Gasteiger charge is -2.25. The van der Waals surface area contributed by atoms with Crippen molar-refractivity contribution in [3.63, 3.8) is 0 Å². The monoisotopic (exact) mass is 294 g/mol. The second kappa shape index (κ2) is 7.42. The first-order valence-corrected chi connectivity index (χ1v) is 8.06. The molecule has 2 heteroatoms. The summed E-state index contributed by atoms with van der Waals surface area (Å²) in [5.74, 6) is 1.15. The van der Waals surface area contributed by atoms with Crippen LogP contribution < -0.4 is 0 Å². The topological polar surface area (TPSA) is 27.0 Å². The third-order valence-electron chi connectivity index (χ3n) is 4.41. The van der Waals surface area contributed by atoms with Crippen LogP contribution in [0, 0.1) is 17.2 Å². The Balaban J connectivity index is 2.49. The molecule has 0 aromatic heterocycles. The van der Waals surface area contributed by atoms with E-state index in [1.165, 1.54) is 16.3 Å². The van der Waals surface area contributed by atoms with E-state index in [1.807, 2.05) is 0 Å². The van der Waals surface area contributed by atoms with E-state index in [9.17, 15) is 0 Å². The summed E-state index contributed by atoms with van der Waals surface area (Å²) in [5, 5.41) is 11.6. The van der Waals surface area contributed by atoms with E-state index in [4.69, 9.17) is 5.26 Å². The highest BCUT2D eigenvalue weighted by molar-refractivity contribution is 5.89. The van der Waals surface area contributed by atoms with E-state index in [0.717, 1.165) is 18.5 Å². The molecule has 0 N–H and O–H groups in total. The van der Waals surface area contributed by atoms with Crippen molar-refractivity contribution < 1.29 is 0 Å². The maximum atomic E-state index is 9.04. The van der Waals surface area contributed by atoms with Crippen LogP contribution >= 0.6 is 0 Å². The van der Waals surface area contributed by atoms with Crippen LogP contribution in [0.5, 0.6) is 0 Å². The first-order chi connectivity index (χ1) is 10.5. The molecular formula is C20H26N2. The second-order valence-electron chi connectivity index (χ2n) is 6.64.